The summed E-state index contributed by atoms with van der Waals surface area (Å²) in [5.41, 5.74) is 2.59. The van der Waals surface area contributed by atoms with Crippen molar-refractivity contribution in [1.29, 1.82) is 0 Å². The molecular weight excluding hydrogens is 236 g/mol. The van der Waals surface area contributed by atoms with E-state index in [0.29, 0.717) is 24.2 Å². The van der Waals surface area contributed by atoms with E-state index in [1.165, 1.54) is 37.2 Å². The van der Waals surface area contributed by atoms with E-state index in [2.05, 4.69) is 17.9 Å². The lowest BCUT2D eigenvalue weighted by molar-refractivity contribution is -0.124. The molecule has 0 aromatic rings. The van der Waals surface area contributed by atoms with Crippen LogP contribution in [-0.4, -0.2) is 41.6 Å². The molecule has 4 heterocycles. The second-order valence-corrected chi connectivity index (χ2v) is 6.67. The number of aliphatic imine (C=N–C) groups is 1. The zero-order valence-electron chi connectivity index (χ0n) is 11.6. The minimum atomic E-state index is 0.108. The van der Waals surface area contributed by atoms with E-state index in [1.54, 1.807) is 0 Å². The van der Waals surface area contributed by atoms with Crippen LogP contribution in [0.15, 0.2) is 16.6 Å². The summed E-state index contributed by atoms with van der Waals surface area (Å²) < 4.78 is 0. The second kappa shape index (κ2) is 4.27. The molecule has 4 unspecified atom stereocenters. The van der Waals surface area contributed by atoms with Gasteiger partial charge >= 0.3 is 0 Å². The lowest BCUT2D eigenvalue weighted by Gasteiger charge is -2.42. The maximum absolute atomic E-state index is 12.3. The van der Waals surface area contributed by atoms with E-state index in [4.69, 9.17) is 4.99 Å². The predicted molar refractivity (Wildman–Crippen MR) is 75.4 cm³/mol. The molecule has 3 heteroatoms. The van der Waals surface area contributed by atoms with Gasteiger partial charge in [-0.25, -0.2) is 0 Å². The Labute approximate surface area is 114 Å². The van der Waals surface area contributed by atoms with Crippen molar-refractivity contribution in [1.82, 2.24) is 4.90 Å². The van der Waals surface area contributed by atoms with Gasteiger partial charge in [-0.2, -0.15) is 0 Å². The van der Waals surface area contributed by atoms with Gasteiger partial charge in [0.1, 0.15) is 5.78 Å². The van der Waals surface area contributed by atoms with Crippen LogP contribution in [-0.2, 0) is 4.79 Å². The van der Waals surface area contributed by atoms with E-state index in [9.17, 15) is 4.79 Å². The Bertz CT molecular complexity index is 479. The van der Waals surface area contributed by atoms with Crippen molar-refractivity contribution in [3.05, 3.63) is 11.6 Å². The number of fused-ring (bicyclic) bond motifs is 3. The van der Waals surface area contributed by atoms with E-state index < -0.39 is 0 Å². The standard InChI is InChI=1S/C16H22N2O/c1-10-8-11-9-14(19)15(10)16(17-11)12-4-2-6-18-7-3-5-13(12)18/h4,10-11,13,15H,2-3,5-9H2,1H3. The highest BCUT2D eigenvalue weighted by Crippen LogP contribution is 2.40. The van der Waals surface area contributed by atoms with Crippen LogP contribution in [0.1, 0.15) is 39.0 Å². The van der Waals surface area contributed by atoms with Crippen LogP contribution in [0, 0.1) is 11.8 Å². The third-order valence-electron chi connectivity index (χ3n) is 5.41. The normalized spacial score (nSPS) is 42.1. The Morgan fingerprint density at radius 2 is 2.26 bits per heavy atom. The van der Waals surface area contributed by atoms with Gasteiger partial charge in [-0.1, -0.05) is 13.0 Å². The summed E-state index contributed by atoms with van der Waals surface area (Å²) in [5.74, 6) is 1.05. The Kier molecular flexibility index (Phi) is 2.66. The van der Waals surface area contributed by atoms with E-state index in [1.807, 2.05) is 0 Å². The molecule has 19 heavy (non-hydrogen) atoms. The van der Waals surface area contributed by atoms with Crippen LogP contribution in [0.2, 0.25) is 0 Å². The van der Waals surface area contributed by atoms with Gasteiger partial charge in [-0.15, -0.1) is 0 Å². The molecule has 0 spiro atoms. The number of Topliss-reactive ketones (excluding diaryl/α,β-unsaturated/α-hetero) is 1. The Hall–Kier alpha value is -0.960. The molecule has 5 rings (SSSR count). The maximum Gasteiger partial charge on any atom is 0.144 e. The first kappa shape index (κ1) is 11.8. The first-order chi connectivity index (χ1) is 9.24. The average Bonchev–Trinajstić information content (AvgIpc) is 2.85. The van der Waals surface area contributed by atoms with Crippen molar-refractivity contribution >= 4 is 11.5 Å². The van der Waals surface area contributed by atoms with Crippen LogP contribution in [0.4, 0.5) is 0 Å². The fraction of sp³-hybridized carbons (Fsp3) is 0.750. The summed E-state index contributed by atoms with van der Waals surface area (Å²) in [6, 6.07) is 0.840. The number of hydrogen-bond acceptors (Lipinski definition) is 3. The van der Waals surface area contributed by atoms with Crippen LogP contribution < -0.4 is 0 Å². The zero-order chi connectivity index (χ0) is 13.0. The third-order valence-corrected chi connectivity index (χ3v) is 5.41. The van der Waals surface area contributed by atoms with Gasteiger partial charge in [-0.05, 0) is 43.7 Å². The molecule has 1 saturated carbocycles. The van der Waals surface area contributed by atoms with Crippen LogP contribution in [0.5, 0.6) is 0 Å². The Morgan fingerprint density at radius 3 is 3.05 bits per heavy atom. The van der Waals surface area contributed by atoms with Crippen molar-refractivity contribution < 1.29 is 4.79 Å². The number of rotatable bonds is 1. The highest BCUT2D eigenvalue weighted by molar-refractivity contribution is 6.16. The molecule has 3 nitrogen and oxygen atoms in total. The predicted octanol–water partition coefficient (Wildman–Crippen LogP) is 2.22. The van der Waals surface area contributed by atoms with Crippen LogP contribution in [0.25, 0.3) is 0 Å². The summed E-state index contributed by atoms with van der Waals surface area (Å²) in [4.78, 5) is 19.8. The molecule has 4 atom stereocenters. The van der Waals surface area contributed by atoms with Crippen molar-refractivity contribution in [2.75, 3.05) is 13.1 Å². The first-order valence-electron chi connectivity index (χ1n) is 7.79. The van der Waals surface area contributed by atoms with Crippen molar-refractivity contribution in [2.45, 2.75) is 51.1 Å². The molecule has 0 amide bonds. The molecule has 5 aliphatic rings. The number of nitrogens with zero attached hydrogens (tertiary/aromatic N) is 2. The smallest absolute Gasteiger partial charge is 0.144 e. The average molecular weight is 258 g/mol. The van der Waals surface area contributed by atoms with Crippen LogP contribution >= 0.6 is 0 Å². The number of hydrogen-bond donors (Lipinski definition) is 0. The Balaban J connectivity index is 1.72. The Morgan fingerprint density at radius 1 is 1.37 bits per heavy atom. The van der Waals surface area contributed by atoms with Gasteiger partial charge in [0.25, 0.3) is 0 Å². The summed E-state index contributed by atoms with van der Waals surface area (Å²) in [7, 11) is 0. The summed E-state index contributed by atoms with van der Waals surface area (Å²) in [6.07, 6.45) is 7.87. The van der Waals surface area contributed by atoms with Crippen LogP contribution in [0.3, 0.4) is 0 Å². The third kappa shape index (κ3) is 1.74. The number of carbonyl (C=O) groups excluding carboxylic acids is 1. The van der Waals surface area contributed by atoms with Gasteiger partial charge in [0.15, 0.2) is 0 Å². The number of carbonyl (C=O) groups is 1. The summed E-state index contributed by atoms with van der Waals surface area (Å²) in [5, 5.41) is 0. The molecule has 0 aromatic heterocycles. The highest BCUT2D eigenvalue weighted by atomic mass is 16.1. The van der Waals surface area contributed by atoms with Crippen molar-refractivity contribution in [3.8, 4) is 0 Å². The van der Waals surface area contributed by atoms with Crippen molar-refractivity contribution in [3.63, 3.8) is 0 Å². The van der Waals surface area contributed by atoms with Gasteiger partial charge in [0, 0.05) is 19.0 Å². The molecule has 2 bridgehead atoms. The molecule has 0 aromatic carbocycles. The summed E-state index contributed by atoms with van der Waals surface area (Å²) >= 11 is 0. The molecule has 1 saturated heterocycles. The lowest BCUT2D eigenvalue weighted by atomic mass is 9.69. The first-order valence-corrected chi connectivity index (χ1v) is 7.79. The van der Waals surface area contributed by atoms with Crippen molar-refractivity contribution in [2.24, 2.45) is 16.8 Å². The van der Waals surface area contributed by atoms with Gasteiger partial charge in [0.05, 0.1) is 17.7 Å². The largest absolute Gasteiger partial charge is 0.299 e. The SMILES string of the molecule is CC1CC2CC(=O)C1C(C1=CCCN3CCCC13)=N2. The lowest BCUT2D eigenvalue weighted by Crippen LogP contribution is -2.48. The molecule has 2 fully saturated rings. The molecule has 102 valence electrons. The molecule has 4 aliphatic heterocycles. The molecular formula is C16H22N2O. The fourth-order valence-corrected chi connectivity index (χ4v) is 4.62. The summed E-state index contributed by atoms with van der Waals surface area (Å²) in [6.45, 7) is 4.66. The van der Waals surface area contributed by atoms with Gasteiger partial charge < -0.3 is 0 Å². The van der Waals surface area contributed by atoms with Gasteiger partial charge in [-0.3, -0.25) is 14.7 Å². The zero-order valence-corrected chi connectivity index (χ0v) is 11.6. The molecule has 1 aliphatic carbocycles. The number of ketones is 1. The minimum Gasteiger partial charge on any atom is -0.299 e. The molecule has 0 N–H and O–H groups in total. The molecule has 0 radical (unpaired) electrons. The van der Waals surface area contributed by atoms with E-state index in [-0.39, 0.29) is 12.0 Å². The van der Waals surface area contributed by atoms with Gasteiger partial charge in [0.2, 0.25) is 0 Å². The quantitative estimate of drug-likeness (QED) is 0.722. The van der Waals surface area contributed by atoms with E-state index >= 15 is 0 Å². The second-order valence-electron chi connectivity index (χ2n) is 6.67. The minimum absolute atomic E-state index is 0.108. The fourth-order valence-electron chi connectivity index (χ4n) is 4.62. The topological polar surface area (TPSA) is 32.7 Å². The highest BCUT2D eigenvalue weighted by Gasteiger charge is 2.45. The monoisotopic (exact) mass is 258 g/mol. The maximum atomic E-state index is 12.3. The van der Waals surface area contributed by atoms with E-state index in [0.717, 1.165) is 12.8 Å².